The molecule has 2 N–H and O–H groups in total. The molecule has 1 amide bonds. The first-order chi connectivity index (χ1) is 9.47. The zero-order chi connectivity index (χ0) is 14.7. The number of nitrogens with one attached hydrogen (secondary N) is 1. The average molecular weight is 284 g/mol. The Bertz CT molecular complexity index is 589. The number of carboxylic acid groups (broad SMARTS) is 1. The molecule has 0 aromatic heterocycles. The minimum absolute atomic E-state index is 0.0178. The fourth-order valence-corrected chi connectivity index (χ4v) is 1.62. The van der Waals surface area contributed by atoms with E-state index in [-0.39, 0.29) is 24.2 Å². The van der Waals surface area contributed by atoms with Crippen molar-refractivity contribution in [3.05, 3.63) is 35.4 Å². The predicted molar refractivity (Wildman–Crippen MR) is 62.8 cm³/mol. The second kappa shape index (κ2) is 5.64. The lowest BCUT2D eigenvalue weighted by atomic mass is 10.1. The molecular formula is C12H10F2N2O4. The summed E-state index contributed by atoms with van der Waals surface area (Å²) in [4.78, 5) is 26.9. The molecule has 0 fully saturated rings. The summed E-state index contributed by atoms with van der Waals surface area (Å²) in [5, 5.41) is 14.2. The van der Waals surface area contributed by atoms with Crippen LogP contribution >= 0.6 is 0 Å². The van der Waals surface area contributed by atoms with Gasteiger partial charge in [-0.3, -0.25) is 4.79 Å². The molecule has 0 radical (unpaired) electrons. The van der Waals surface area contributed by atoms with Gasteiger partial charge in [0.2, 0.25) is 6.10 Å². The molecule has 2 rings (SSSR count). The summed E-state index contributed by atoms with van der Waals surface area (Å²) in [7, 11) is 0. The van der Waals surface area contributed by atoms with Crippen molar-refractivity contribution in [3.8, 4) is 0 Å². The third-order valence-corrected chi connectivity index (χ3v) is 2.67. The number of benzene rings is 1. The number of carbonyl (C=O) groups is 2. The second-order valence-electron chi connectivity index (χ2n) is 4.09. The maximum atomic E-state index is 13.3. The number of oxime groups is 1. The Labute approximate surface area is 112 Å². The smallest absolute Gasteiger partial charge is 0.353 e. The van der Waals surface area contributed by atoms with Crippen LogP contribution in [-0.2, 0) is 21.0 Å². The van der Waals surface area contributed by atoms with Crippen molar-refractivity contribution in [3.63, 3.8) is 0 Å². The molecule has 1 atom stereocenters. The molecule has 0 saturated carbocycles. The maximum absolute atomic E-state index is 13.3. The van der Waals surface area contributed by atoms with Crippen molar-refractivity contribution < 1.29 is 28.3 Å². The fourth-order valence-electron chi connectivity index (χ4n) is 1.62. The van der Waals surface area contributed by atoms with Gasteiger partial charge in [-0.15, -0.1) is 0 Å². The van der Waals surface area contributed by atoms with E-state index in [0.717, 1.165) is 18.2 Å². The summed E-state index contributed by atoms with van der Waals surface area (Å²) in [6.45, 7) is -0.231. The zero-order valence-corrected chi connectivity index (χ0v) is 10.1. The SMILES string of the molecule is O=C(O)C1=NOC(C(=O)NCc2cc(F)ccc2F)C1. The quantitative estimate of drug-likeness (QED) is 0.856. The van der Waals surface area contributed by atoms with E-state index in [2.05, 4.69) is 15.3 Å². The Kier molecular flexibility index (Phi) is 3.92. The summed E-state index contributed by atoms with van der Waals surface area (Å²) in [6, 6.07) is 2.88. The molecule has 0 aliphatic carbocycles. The van der Waals surface area contributed by atoms with Crippen molar-refractivity contribution in [2.75, 3.05) is 0 Å². The highest BCUT2D eigenvalue weighted by molar-refractivity contribution is 6.36. The number of nitrogens with zero attached hydrogens (tertiary/aromatic N) is 1. The average Bonchev–Trinajstić information content (AvgIpc) is 2.89. The van der Waals surface area contributed by atoms with Crippen LogP contribution in [-0.4, -0.2) is 28.8 Å². The Morgan fingerprint density at radius 2 is 2.20 bits per heavy atom. The molecule has 20 heavy (non-hydrogen) atoms. The first-order valence-electron chi connectivity index (χ1n) is 5.65. The van der Waals surface area contributed by atoms with Gasteiger partial charge in [0.15, 0.2) is 5.71 Å². The van der Waals surface area contributed by atoms with Crippen LogP contribution < -0.4 is 5.32 Å². The molecule has 0 spiro atoms. The minimum Gasteiger partial charge on any atom is -0.477 e. The third kappa shape index (κ3) is 3.08. The Morgan fingerprint density at radius 1 is 1.45 bits per heavy atom. The summed E-state index contributed by atoms with van der Waals surface area (Å²) in [6.07, 6.45) is -1.25. The maximum Gasteiger partial charge on any atom is 0.353 e. The van der Waals surface area contributed by atoms with Crippen molar-refractivity contribution in [2.45, 2.75) is 19.1 Å². The van der Waals surface area contributed by atoms with Gasteiger partial charge < -0.3 is 15.3 Å². The van der Waals surface area contributed by atoms with Crippen LogP contribution in [0.1, 0.15) is 12.0 Å². The normalized spacial score (nSPS) is 17.3. The summed E-state index contributed by atoms with van der Waals surface area (Å²) >= 11 is 0. The number of hydrogen-bond acceptors (Lipinski definition) is 4. The standard InChI is InChI=1S/C12H10F2N2O4/c13-7-1-2-8(14)6(3-7)5-15-11(17)10-4-9(12(18)19)16-20-10/h1-3,10H,4-5H2,(H,15,17)(H,18,19). The molecule has 1 unspecified atom stereocenters. The molecule has 1 aromatic carbocycles. The van der Waals surface area contributed by atoms with Gasteiger partial charge in [-0.25, -0.2) is 13.6 Å². The van der Waals surface area contributed by atoms with Crippen LogP contribution in [0, 0.1) is 11.6 Å². The first kappa shape index (κ1) is 13.9. The highest BCUT2D eigenvalue weighted by Crippen LogP contribution is 2.12. The molecule has 0 bridgehead atoms. The number of carbonyl (C=O) groups excluding carboxylic acids is 1. The van der Waals surface area contributed by atoms with Gasteiger partial charge in [0.05, 0.1) is 0 Å². The van der Waals surface area contributed by atoms with Gasteiger partial charge in [0.1, 0.15) is 11.6 Å². The van der Waals surface area contributed by atoms with Crippen molar-refractivity contribution in [2.24, 2.45) is 5.16 Å². The van der Waals surface area contributed by atoms with Crippen molar-refractivity contribution >= 4 is 17.6 Å². The lowest BCUT2D eigenvalue weighted by Crippen LogP contribution is -2.35. The van der Waals surface area contributed by atoms with E-state index < -0.39 is 29.6 Å². The van der Waals surface area contributed by atoms with E-state index in [9.17, 15) is 18.4 Å². The molecule has 0 saturated heterocycles. The Balaban J connectivity index is 1.90. The van der Waals surface area contributed by atoms with Crippen LogP contribution in [0.2, 0.25) is 0 Å². The van der Waals surface area contributed by atoms with Gasteiger partial charge >= 0.3 is 5.97 Å². The second-order valence-corrected chi connectivity index (χ2v) is 4.09. The number of hydrogen-bond donors (Lipinski definition) is 2. The fraction of sp³-hybridized carbons (Fsp3) is 0.250. The van der Waals surface area contributed by atoms with Crippen LogP contribution in [0.5, 0.6) is 0 Å². The molecule has 1 aliphatic rings. The summed E-state index contributed by atoms with van der Waals surface area (Å²) in [5.41, 5.74) is -0.280. The van der Waals surface area contributed by atoms with Crippen LogP contribution in [0.3, 0.4) is 0 Å². The summed E-state index contributed by atoms with van der Waals surface area (Å²) in [5.74, 6) is -3.18. The summed E-state index contributed by atoms with van der Waals surface area (Å²) < 4.78 is 26.2. The molecule has 6 nitrogen and oxygen atoms in total. The van der Waals surface area contributed by atoms with Gasteiger partial charge in [0, 0.05) is 18.5 Å². The highest BCUT2D eigenvalue weighted by Gasteiger charge is 2.31. The van der Waals surface area contributed by atoms with E-state index in [1.54, 1.807) is 0 Å². The van der Waals surface area contributed by atoms with E-state index in [0.29, 0.717) is 0 Å². The van der Waals surface area contributed by atoms with Crippen molar-refractivity contribution in [1.29, 1.82) is 0 Å². The topological polar surface area (TPSA) is 88.0 Å². The van der Waals surface area contributed by atoms with E-state index >= 15 is 0 Å². The van der Waals surface area contributed by atoms with Crippen LogP contribution in [0.4, 0.5) is 8.78 Å². The van der Waals surface area contributed by atoms with Gasteiger partial charge in [-0.1, -0.05) is 5.16 Å². The van der Waals surface area contributed by atoms with Crippen molar-refractivity contribution in [1.82, 2.24) is 5.32 Å². The van der Waals surface area contributed by atoms with E-state index in [1.807, 2.05) is 0 Å². The Morgan fingerprint density at radius 3 is 2.85 bits per heavy atom. The predicted octanol–water partition coefficient (Wildman–Crippen LogP) is 0.810. The highest BCUT2D eigenvalue weighted by atomic mass is 19.1. The monoisotopic (exact) mass is 284 g/mol. The van der Waals surface area contributed by atoms with Gasteiger partial charge in [0.25, 0.3) is 5.91 Å². The number of carboxylic acids is 1. The molecule has 8 heteroatoms. The number of aliphatic carboxylic acids is 1. The largest absolute Gasteiger partial charge is 0.477 e. The van der Waals surface area contributed by atoms with Gasteiger partial charge in [-0.05, 0) is 18.2 Å². The number of rotatable bonds is 4. The van der Waals surface area contributed by atoms with Crippen LogP contribution in [0.25, 0.3) is 0 Å². The van der Waals surface area contributed by atoms with Gasteiger partial charge in [-0.2, -0.15) is 0 Å². The lowest BCUT2D eigenvalue weighted by molar-refractivity contribution is -0.131. The number of amides is 1. The van der Waals surface area contributed by atoms with E-state index in [4.69, 9.17) is 5.11 Å². The van der Waals surface area contributed by atoms with Crippen LogP contribution in [0.15, 0.2) is 23.4 Å². The molecule has 1 heterocycles. The molecule has 1 aliphatic heterocycles. The molecular weight excluding hydrogens is 274 g/mol. The Hall–Kier alpha value is -2.51. The number of halogens is 2. The zero-order valence-electron chi connectivity index (χ0n) is 10.1. The minimum atomic E-state index is -1.27. The first-order valence-corrected chi connectivity index (χ1v) is 5.65. The van der Waals surface area contributed by atoms with E-state index in [1.165, 1.54) is 0 Å². The molecule has 106 valence electrons. The lowest BCUT2D eigenvalue weighted by Gasteiger charge is -2.10. The molecule has 1 aromatic rings. The third-order valence-electron chi connectivity index (χ3n) is 2.67.